The number of hydrogen-bond acceptors (Lipinski definition) is 3. The molecule has 0 saturated carbocycles. The minimum atomic E-state index is -0.207. The maximum atomic E-state index is 12.2. The Morgan fingerprint density at radius 1 is 1.08 bits per heavy atom. The fraction of sp³-hybridized carbons (Fsp3) is 0.190. The fourth-order valence-corrected chi connectivity index (χ4v) is 3.30. The number of benzene rings is 2. The average molecular weight is 319 g/mol. The van der Waals surface area contributed by atoms with Gasteiger partial charge in [0, 0.05) is 23.8 Å². The number of para-hydroxylation sites is 2. The molecule has 1 heterocycles. The minimum absolute atomic E-state index is 0.00511. The van der Waals surface area contributed by atoms with Crippen molar-refractivity contribution in [2.45, 2.75) is 19.3 Å². The molecule has 1 aliphatic heterocycles. The summed E-state index contributed by atoms with van der Waals surface area (Å²) in [5.41, 5.74) is 3.79. The van der Waals surface area contributed by atoms with E-state index in [1.54, 1.807) is 24.3 Å². The summed E-state index contributed by atoms with van der Waals surface area (Å²) in [4.78, 5) is 14.4. The monoisotopic (exact) mass is 319 g/mol. The molecule has 0 aromatic heterocycles. The lowest BCUT2D eigenvalue weighted by Crippen LogP contribution is -2.22. The van der Waals surface area contributed by atoms with Crippen LogP contribution in [0.15, 0.2) is 72.5 Å². The first-order valence-electron chi connectivity index (χ1n) is 7.97. The van der Waals surface area contributed by atoms with Crippen molar-refractivity contribution in [2.24, 2.45) is 0 Å². The molecule has 0 aliphatic carbocycles. The zero-order valence-corrected chi connectivity index (χ0v) is 14.2. The number of allylic oxidation sites excluding steroid dienone is 4. The van der Waals surface area contributed by atoms with Gasteiger partial charge < -0.3 is 10.0 Å². The summed E-state index contributed by atoms with van der Waals surface area (Å²) in [6.45, 7) is 4.36. The van der Waals surface area contributed by atoms with Crippen molar-refractivity contribution >= 4 is 11.5 Å². The summed E-state index contributed by atoms with van der Waals surface area (Å²) in [6.07, 6.45) is 5.22. The Balaban J connectivity index is 1.88. The molecule has 3 heteroatoms. The molecule has 0 spiro atoms. The highest BCUT2D eigenvalue weighted by atomic mass is 16.3. The van der Waals surface area contributed by atoms with E-state index in [9.17, 15) is 9.90 Å². The van der Waals surface area contributed by atoms with Crippen molar-refractivity contribution < 1.29 is 9.90 Å². The first kappa shape index (κ1) is 16.1. The number of carbonyl (C=O) groups is 1. The molecule has 0 fully saturated rings. The minimum Gasteiger partial charge on any atom is -0.507 e. The third kappa shape index (κ3) is 2.62. The van der Waals surface area contributed by atoms with Gasteiger partial charge >= 0.3 is 0 Å². The number of fused-ring (bicyclic) bond motifs is 1. The molecule has 1 N–H and O–H groups in total. The van der Waals surface area contributed by atoms with Crippen LogP contribution >= 0.6 is 0 Å². The number of anilines is 1. The van der Waals surface area contributed by atoms with Gasteiger partial charge in [-0.25, -0.2) is 0 Å². The predicted molar refractivity (Wildman–Crippen MR) is 97.5 cm³/mol. The van der Waals surface area contributed by atoms with Gasteiger partial charge in [-0.05, 0) is 35.9 Å². The Hall–Kier alpha value is -2.81. The number of phenolic OH excluding ortho intramolecular Hbond substituents is 1. The average Bonchev–Trinajstić information content (AvgIpc) is 2.76. The van der Waals surface area contributed by atoms with E-state index in [1.165, 1.54) is 23.4 Å². The predicted octanol–water partition coefficient (Wildman–Crippen LogP) is 4.44. The van der Waals surface area contributed by atoms with Crippen LogP contribution in [0, 0.1) is 0 Å². The molecular weight excluding hydrogens is 298 g/mol. The molecule has 3 rings (SSSR count). The number of phenols is 1. The van der Waals surface area contributed by atoms with Crippen LogP contribution in [0.5, 0.6) is 5.75 Å². The lowest BCUT2D eigenvalue weighted by molar-refractivity contribution is 0.104. The van der Waals surface area contributed by atoms with E-state index >= 15 is 0 Å². The second-order valence-electron chi connectivity index (χ2n) is 6.49. The molecule has 2 aromatic rings. The van der Waals surface area contributed by atoms with Crippen LogP contribution in [0.1, 0.15) is 29.8 Å². The van der Waals surface area contributed by atoms with Gasteiger partial charge in [0.25, 0.3) is 0 Å². The molecule has 0 atom stereocenters. The van der Waals surface area contributed by atoms with Gasteiger partial charge in [0.2, 0.25) is 0 Å². The van der Waals surface area contributed by atoms with E-state index in [4.69, 9.17) is 0 Å². The second-order valence-corrected chi connectivity index (χ2v) is 6.49. The lowest BCUT2D eigenvalue weighted by atomic mass is 9.84. The summed E-state index contributed by atoms with van der Waals surface area (Å²) in [5, 5.41) is 9.76. The van der Waals surface area contributed by atoms with Gasteiger partial charge in [-0.15, -0.1) is 0 Å². The number of aromatic hydroxyl groups is 1. The van der Waals surface area contributed by atoms with Gasteiger partial charge in [0.15, 0.2) is 5.78 Å². The Bertz CT molecular complexity index is 846. The summed E-state index contributed by atoms with van der Waals surface area (Å²) in [5.74, 6) is -0.202. The first-order chi connectivity index (χ1) is 11.4. The summed E-state index contributed by atoms with van der Waals surface area (Å²) in [7, 11) is 2.04. The second kappa shape index (κ2) is 6.00. The number of nitrogens with zero attached hydrogens (tertiary/aromatic N) is 1. The van der Waals surface area contributed by atoms with E-state index in [2.05, 4.69) is 36.9 Å². The van der Waals surface area contributed by atoms with E-state index < -0.39 is 0 Å². The maximum Gasteiger partial charge on any atom is 0.189 e. The van der Waals surface area contributed by atoms with Crippen molar-refractivity contribution in [3.05, 3.63) is 83.6 Å². The highest BCUT2D eigenvalue weighted by Crippen LogP contribution is 2.46. The zero-order chi connectivity index (χ0) is 17.3. The van der Waals surface area contributed by atoms with E-state index in [0.29, 0.717) is 5.56 Å². The summed E-state index contributed by atoms with van der Waals surface area (Å²) >= 11 is 0. The van der Waals surface area contributed by atoms with Gasteiger partial charge in [-0.2, -0.15) is 0 Å². The van der Waals surface area contributed by atoms with Crippen molar-refractivity contribution in [3.63, 3.8) is 0 Å². The largest absolute Gasteiger partial charge is 0.507 e. The van der Waals surface area contributed by atoms with E-state index in [1.807, 2.05) is 19.2 Å². The molecule has 0 saturated heterocycles. The molecule has 1 aliphatic rings. The highest BCUT2D eigenvalue weighted by molar-refractivity contribution is 6.06. The Morgan fingerprint density at radius 2 is 1.75 bits per heavy atom. The third-order valence-corrected chi connectivity index (χ3v) is 4.61. The highest BCUT2D eigenvalue weighted by Gasteiger charge is 2.37. The molecule has 0 bridgehead atoms. The quantitative estimate of drug-likeness (QED) is 0.671. The number of rotatable bonds is 3. The summed E-state index contributed by atoms with van der Waals surface area (Å²) in [6, 6.07) is 14.9. The fourth-order valence-electron chi connectivity index (χ4n) is 3.30. The first-order valence-corrected chi connectivity index (χ1v) is 7.97. The molecule has 2 aromatic carbocycles. The zero-order valence-electron chi connectivity index (χ0n) is 14.2. The molecular formula is C21H21NO2. The normalized spacial score (nSPS) is 17.5. The molecule has 3 nitrogen and oxygen atoms in total. The van der Waals surface area contributed by atoms with Crippen LogP contribution in [0.3, 0.4) is 0 Å². The topological polar surface area (TPSA) is 40.5 Å². The van der Waals surface area contributed by atoms with E-state index in [0.717, 1.165) is 5.70 Å². The van der Waals surface area contributed by atoms with E-state index in [-0.39, 0.29) is 16.9 Å². The van der Waals surface area contributed by atoms with Crippen LogP contribution in [-0.4, -0.2) is 17.9 Å². The van der Waals surface area contributed by atoms with Crippen LogP contribution in [-0.2, 0) is 5.41 Å². The van der Waals surface area contributed by atoms with Gasteiger partial charge in [-0.1, -0.05) is 50.3 Å². The summed E-state index contributed by atoms with van der Waals surface area (Å²) < 4.78 is 0. The van der Waals surface area contributed by atoms with Gasteiger partial charge in [0.05, 0.1) is 5.56 Å². The Labute approximate surface area is 142 Å². The van der Waals surface area contributed by atoms with Crippen LogP contribution in [0.25, 0.3) is 0 Å². The molecule has 0 amide bonds. The van der Waals surface area contributed by atoms with Crippen molar-refractivity contribution in [2.75, 3.05) is 11.9 Å². The molecule has 0 radical (unpaired) electrons. The lowest BCUT2D eigenvalue weighted by Gasteiger charge is -2.23. The van der Waals surface area contributed by atoms with Gasteiger partial charge in [0.1, 0.15) is 5.75 Å². The SMILES string of the molecule is CN1/C(=C\C=C\C(=O)c2ccccc2O)C(C)(C)c2ccccc21. The molecule has 0 unspecified atom stereocenters. The number of likely N-dealkylation sites (N-methyl/N-ethyl adjacent to an activating group) is 1. The van der Waals surface area contributed by atoms with Crippen molar-refractivity contribution in [3.8, 4) is 5.75 Å². The Kier molecular flexibility index (Phi) is 4.02. The van der Waals surface area contributed by atoms with Crippen molar-refractivity contribution in [1.82, 2.24) is 0 Å². The van der Waals surface area contributed by atoms with Crippen LogP contribution in [0.4, 0.5) is 5.69 Å². The number of ketones is 1. The van der Waals surface area contributed by atoms with Gasteiger partial charge in [-0.3, -0.25) is 4.79 Å². The third-order valence-electron chi connectivity index (χ3n) is 4.61. The number of carbonyl (C=O) groups excluding carboxylic acids is 1. The maximum absolute atomic E-state index is 12.2. The smallest absolute Gasteiger partial charge is 0.189 e. The standard InChI is InChI=1S/C21H21NO2/c1-21(2)16-10-5-6-11-17(16)22(3)20(21)14-8-13-19(24)15-9-4-7-12-18(15)23/h4-14,23H,1-3H3/b13-8+,20-14-. The van der Waals surface area contributed by atoms with Crippen LogP contribution < -0.4 is 4.90 Å². The molecule has 24 heavy (non-hydrogen) atoms. The molecule has 122 valence electrons. The van der Waals surface area contributed by atoms with Crippen molar-refractivity contribution in [1.29, 1.82) is 0 Å². The Morgan fingerprint density at radius 3 is 2.46 bits per heavy atom. The number of hydrogen-bond donors (Lipinski definition) is 1. The van der Waals surface area contributed by atoms with Crippen LogP contribution in [0.2, 0.25) is 0 Å².